The third-order valence-corrected chi connectivity index (χ3v) is 5.75. The third-order valence-electron chi connectivity index (χ3n) is 5.75. The molecular weight excluding hydrogens is 256 g/mol. The lowest BCUT2D eigenvalue weighted by Crippen LogP contribution is -2.54. The Kier molecular flexibility index (Phi) is 3.38. The van der Waals surface area contributed by atoms with Crippen molar-refractivity contribution in [2.24, 2.45) is 17.8 Å². The number of urea groups is 1. The van der Waals surface area contributed by atoms with Crippen LogP contribution in [0.5, 0.6) is 0 Å². The molecule has 1 saturated heterocycles. The van der Waals surface area contributed by atoms with E-state index < -0.39 is 11.5 Å². The maximum Gasteiger partial charge on any atom is 0.329 e. The maximum absolute atomic E-state index is 12.3. The number of hydrogen-bond donors (Lipinski definition) is 2. The predicted octanol–water partition coefficient (Wildman–Crippen LogP) is 2.07. The summed E-state index contributed by atoms with van der Waals surface area (Å²) in [6.07, 6.45) is 6.55. The lowest BCUT2D eigenvalue weighted by Gasteiger charge is -2.32. The minimum Gasteiger partial charge on any atom is -0.480 e. The van der Waals surface area contributed by atoms with Gasteiger partial charge in [-0.25, -0.2) is 9.59 Å². The van der Waals surface area contributed by atoms with E-state index in [9.17, 15) is 14.7 Å². The SMILES string of the molecule is CC1(C(=O)O)CCCN1C(=O)NCC1CC2CCC1C2. The highest BCUT2D eigenvalue weighted by molar-refractivity contribution is 5.86. The summed E-state index contributed by atoms with van der Waals surface area (Å²) in [6.45, 7) is 2.91. The fourth-order valence-corrected chi connectivity index (χ4v) is 4.45. The molecule has 2 aliphatic carbocycles. The van der Waals surface area contributed by atoms with Gasteiger partial charge in [-0.2, -0.15) is 0 Å². The van der Waals surface area contributed by atoms with Crippen LogP contribution in [0.3, 0.4) is 0 Å². The molecule has 0 spiro atoms. The molecule has 2 saturated carbocycles. The quantitative estimate of drug-likeness (QED) is 0.831. The Hall–Kier alpha value is -1.26. The van der Waals surface area contributed by atoms with E-state index in [0.29, 0.717) is 25.4 Å². The molecule has 112 valence electrons. The van der Waals surface area contributed by atoms with E-state index in [4.69, 9.17) is 0 Å². The summed E-state index contributed by atoms with van der Waals surface area (Å²) >= 11 is 0. The molecule has 5 nitrogen and oxygen atoms in total. The van der Waals surface area contributed by atoms with Crippen molar-refractivity contribution in [1.29, 1.82) is 0 Å². The molecule has 0 aromatic carbocycles. The number of carboxylic acid groups (broad SMARTS) is 1. The van der Waals surface area contributed by atoms with Crippen LogP contribution in [0.4, 0.5) is 4.79 Å². The van der Waals surface area contributed by atoms with E-state index in [-0.39, 0.29) is 6.03 Å². The second-order valence-electron chi connectivity index (χ2n) is 6.96. The molecule has 4 unspecified atom stereocenters. The van der Waals surface area contributed by atoms with E-state index in [0.717, 1.165) is 18.3 Å². The number of nitrogens with zero attached hydrogens (tertiary/aromatic N) is 1. The van der Waals surface area contributed by atoms with Crippen molar-refractivity contribution in [1.82, 2.24) is 10.2 Å². The molecule has 20 heavy (non-hydrogen) atoms. The number of hydrogen-bond acceptors (Lipinski definition) is 2. The second kappa shape index (κ2) is 4.93. The van der Waals surface area contributed by atoms with Gasteiger partial charge in [-0.15, -0.1) is 0 Å². The standard InChI is InChI=1S/C15H24N2O3/c1-15(13(18)19)5-2-6-17(15)14(20)16-9-12-8-10-3-4-11(12)7-10/h10-12H,2-9H2,1H3,(H,16,20)(H,18,19). The van der Waals surface area contributed by atoms with Crippen LogP contribution in [-0.2, 0) is 4.79 Å². The fourth-order valence-electron chi connectivity index (χ4n) is 4.45. The molecule has 2 amide bonds. The largest absolute Gasteiger partial charge is 0.480 e. The molecule has 0 aromatic heterocycles. The number of carbonyl (C=O) groups excluding carboxylic acids is 1. The highest BCUT2D eigenvalue weighted by Crippen LogP contribution is 2.48. The topological polar surface area (TPSA) is 69.6 Å². The number of likely N-dealkylation sites (tertiary alicyclic amines) is 1. The zero-order chi connectivity index (χ0) is 14.3. The zero-order valence-corrected chi connectivity index (χ0v) is 12.1. The van der Waals surface area contributed by atoms with E-state index in [1.807, 2.05) is 0 Å². The van der Waals surface area contributed by atoms with Gasteiger partial charge >= 0.3 is 12.0 Å². The molecule has 2 N–H and O–H groups in total. The third kappa shape index (κ3) is 2.17. The van der Waals surface area contributed by atoms with Crippen LogP contribution >= 0.6 is 0 Å². The fraction of sp³-hybridized carbons (Fsp3) is 0.867. The number of nitrogens with one attached hydrogen (secondary N) is 1. The average molecular weight is 280 g/mol. The lowest BCUT2D eigenvalue weighted by molar-refractivity contribution is -0.147. The van der Waals surface area contributed by atoms with Crippen LogP contribution in [-0.4, -0.2) is 40.6 Å². The van der Waals surface area contributed by atoms with Crippen molar-refractivity contribution >= 4 is 12.0 Å². The van der Waals surface area contributed by atoms with Crippen molar-refractivity contribution in [3.63, 3.8) is 0 Å². The zero-order valence-electron chi connectivity index (χ0n) is 12.1. The Morgan fingerprint density at radius 1 is 1.35 bits per heavy atom. The smallest absolute Gasteiger partial charge is 0.329 e. The van der Waals surface area contributed by atoms with Gasteiger partial charge in [-0.05, 0) is 56.8 Å². The van der Waals surface area contributed by atoms with Gasteiger partial charge in [0, 0.05) is 13.1 Å². The predicted molar refractivity (Wildman–Crippen MR) is 74.3 cm³/mol. The summed E-state index contributed by atoms with van der Waals surface area (Å²) in [5.74, 6) is 1.36. The molecule has 1 heterocycles. The van der Waals surface area contributed by atoms with Gasteiger partial charge in [0.15, 0.2) is 0 Å². The molecule has 4 atom stereocenters. The van der Waals surface area contributed by atoms with Gasteiger partial charge in [0.05, 0.1) is 0 Å². The van der Waals surface area contributed by atoms with Gasteiger partial charge < -0.3 is 15.3 Å². The summed E-state index contributed by atoms with van der Waals surface area (Å²) in [7, 11) is 0. The molecule has 3 aliphatic rings. The van der Waals surface area contributed by atoms with Crippen molar-refractivity contribution in [2.75, 3.05) is 13.1 Å². The average Bonchev–Trinajstić information content (AvgIpc) is 3.10. The van der Waals surface area contributed by atoms with Crippen LogP contribution < -0.4 is 5.32 Å². The van der Waals surface area contributed by atoms with Gasteiger partial charge in [-0.3, -0.25) is 0 Å². The van der Waals surface area contributed by atoms with Crippen LogP contribution in [0.2, 0.25) is 0 Å². The first-order valence-corrected chi connectivity index (χ1v) is 7.79. The van der Waals surface area contributed by atoms with E-state index in [2.05, 4.69) is 5.32 Å². The van der Waals surface area contributed by atoms with Crippen molar-refractivity contribution < 1.29 is 14.7 Å². The number of rotatable bonds is 3. The second-order valence-corrected chi connectivity index (χ2v) is 6.96. The highest BCUT2D eigenvalue weighted by Gasteiger charge is 2.46. The van der Waals surface area contributed by atoms with Crippen LogP contribution in [0.1, 0.15) is 45.4 Å². The molecule has 3 rings (SSSR count). The number of aliphatic carboxylic acids is 1. The minimum absolute atomic E-state index is 0.199. The van der Waals surface area contributed by atoms with Crippen molar-refractivity contribution in [3.05, 3.63) is 0 Å². The normalized spacial score (nSPS) is 39.2. The van der Waals surface area contributed by atoms with Crippen LogP contribution in [0.25, 0.3) is 0 Å². The van der Waals surface area contributed by atoms with Crippen molar-refractivity contribution in [3.8, 4) is 0 Å². The Morgan fingerprint density at radius 2 is 2.15 bits per heavy atom. The number of carboxylic acids is 1. The van der Waals surface area contributed by atoms with Gasteiger partial charge in [-0.1, -0.05) is 6.42 Å². The number of fused-ring (bicyclic) bond motifs is 2. The Balaban J connectivity index is 1.55. The summed E-state index contributed by atoms with van der Waals surface area (Å²) in [4.78, 5) is 25.2. The Bertz CT molecular complexity index is 425. The number of amides is 2. The van der Waals surface area contributed by atoms with E-state index in [1.54, 1.807) is 6.92 Å². The Labute approximate surface area is 119 Å². The monoisotopic (exact) mass is 280 g/mol. The summed E-state index contributed by atoms with van der Waals surface area (Å²) < 4.78 is 0. The molecule has 1 aliphatic heterocycles. The molecular formula is C15H24N2O3. The van der Waals surface area contributed by atoms with Crippen molar-refractivity contribution in [2.45, 2.75) is 51.0 Å². The molecule has 3 fully saturated rings. The van der Waals surface area contributed by atoms with Crippen LogP contribution in [0.15, 0.2) is 0 Å². The van der Waals surface area contributed by atoms with Crippen LogP contribution in [0, 0.1) is 17.8 Å². The highest BCUT2D eigenvalue weighted by atomic mass is 16.4. The minimum atomic E-state index is -1.03. The molecule has 5 heteroatoms. The van der Waals surface area contributed by atoms with Gasteiger partial charge in [0.25, 0.3) is 0 Å². The van der Waals surface area contributed by atoms with E-state index >= 15 is 0 Å². The summed E-state index contributed by atoms with van der Waals surface area (Å²) in [5.41, 5.74) is -1.03. The maximum atomic E-state index is 12.3. The lowest BCUT2D eigenvalue weighted by atomic mass is 9.89. The molecule has 2 bridgehead atoms. The Morgan fingerprint density at radius 3 is 2.75 bits per heavy atom. The first-order valence-electron chi connectivity index (χ1n) is 7.79. The summed E-state index contributed by atoms with van der Waals surface area (Å²) in [6, 6.07) is -0.199. The van der Waals surface area contributed by atoms with Gasteiger partial charge in [0.1, 0.15) is 5.54 Å². The molecule has 0 radical (unpaired) electrons. The van der Waals surface area contributed by atoms with Gasteiger partial charge in [0.2, 0.25) is 0 Å². The number of carbonyl (C=O) groups is 2. The molecule has 0 aromatic rings. The van der Waals surface area contributed by atoms with E-state index in [1.165, 1.54) is 30.6 Å². The summed E-state index contributed by atoms with van der Waals surface area (Å²) in [5, 5.41) is 12.3. The first-order chi connectivity index (χ1) is 9.50. The first kappa shape index (κ1) is 13.7.